The van der Waals surface area contributed by atoms with Crippen molar-refractivity contribution in [2.24, 2.45) is 0 Å². The standard InChI is InChI=1S/C22H19Cl2N3O2/c23-18-8-7-13(9-19(18)24)27-14-5-6-15(27)12-26(11-14)22(29)17-10-21(28)25-20-4-2-1-3-16(17)20/h1-4,7-10,14-15H,5-6,11-12H2,(H,25,28). The Morgan fingerprint density at radius 2 is 1.69 bits per heavy atom. The van der Waals surface area contributed by atoms with E-state index >= 15 is 0 Å². The fourth-order valence-electron chi connectivity index (χ4n) is 4.69. The first kappa shape index (κ1) is 18.5. The van der Waals surface area contributed by atoms with Crippen molar-refractivity contribution in [3.63, 3.8) is 0 Å². The van der Waals surface area contributed by atoms with E-state index in [9.17, 15) is 9.59 Å². The average Bonchev–Trinajstić information content (AvgIpc) is 2.98. The summed E-state index contributed by atoms with van der Waals surface area (Å²) in [6.45, 7) is 1.24. The summed E-state index contributed by atoms with van der Waals surface area (Å²) >= 11 is 12.3. The Balaban J connectivity index is 1.45. The van der Waals surface area contributed by atoms with E-state index in [1.54, 1.807) is 0 Å². The molecular weight excluding hydrogens is 409 g/mol. The molecule has 7 heteroatoms. The van der Waals surface area contributed by atoms with E-state index in [1.165, 1.54) is 6.07 Å². The van der Waals surface area contributed by atoms with Crippen molar-refractivity contribution in [2.75, 3.05) is 18.0 Å². The Labute approximate surface area is 177 Å². The number of hydrogen-bond donors (Lipinski definition) is 1. The molecular formula is C22H19Cl2N3O2. The van der Waals surface area contributed by atoms with Crippen molar-refractivity contribution in [1.82, 2.24) is 9.88 Å². The SMILES string of the molecule is O=C(c1cc(=O)[nH]c2ccccc12)N1CC2CCC(C1)N2c1ccc(Cl)c(Cl)c1. The van der Waals surface area contributed by atoms with Crippen LogP contribution in [-0.4, -0.2) is 41.0 Å². The fraction of sp³-hybridized carbons (Fsp3) is 0.273. The third-order valence-electron chi connectivity index (χ3n) is 5.95. The number of aromatic nitrogens is 1. The molecule has 2 saturated heterocycles. The number of aromatic amines is 1. The third kappa shape index (κ3) is 3.18. The first-order chi connectivity index (χ1) is 14.0. The van der Waals surface area contributed by atoms with Gasteiger partial charge >= 0.3 is 0 Å². The lowest BCUT2D eigenvalue weighted by Gasteiger charge is -2.42. The molecule has 0 spiro atoms. The van der Waals surface area contributed by atoms with Gasteiger partial charge in [-0.3, -0.25) is 9.59 Å². The van der Waals surface area contributed by atoms with E-state index in [0.717, 1.165) is 23.9 Å². The van der Waals surface area contributed by atoms with Gasteiger partial charge < -0.3 is 14.8 Å². The van der Waals surface area contributed by atoms with Crippen LogP contribution >= 0.6 is 23.2 Å². The van der Waals surface area contributed by atoms with Gasteiger partial charge in [0.2, 0.25) is 5.56 Å². The monoisotopic (exact) mass is 427 g/mol. The van der Waals surface area contributed by atoms with Gasteiger partial charge in [-0.2, -0.15) is 0 Å². The maximum Gasteiger partial charge on any atom is 0.254 e. The number of likely N-dealkylation sites (tertiary alicyclic amines) is 1. The molecule has 0 saturated carbocycles. The Kier molecular flexibility index (Phi) is 4.52. The van der Waals surface area contributed by atoms with Crippen LogP contribution in [0.5, 0.6) is 0 Å². The molecule has 2 bridgehead atoms. The molecule has 2 unspecified atom stereocenters. The zero-order valence-electron chi connectivity index (χ0n) is 15.6. The highest BCUT2D eigenvalue weighted by atomic mass is 35.5. The van der Waals surface area contributed by atoms with Gasteiger partial charge in [0.1, 0.15) is 0 Å². The van der Waals surface area contributed by atoms with Crippen LogP contribution in [0.15, 0.2) is 53.3 Å². The van der Waals surface area contributed by atoms with E-state index in [4.69, 9.17) is 23.2 Å². The lowest BCUT2D eigenvalue weighted by molar-refractivity contribution is 0.0719. The van der Waals surface area contributed by atoms with Crippen molar-refractivity contribution in [2.45, 2.75) is 24.9 Å². The van der Waals surface area contributed by atoms with E-state index in [2.05, 4.69) is 9.88 Å². The molecule has 2 aromatic carbocycles. The van der Waals surface area contributed by atoms with E-state index in [0.29, 0.717) is 34.2 Å². The summed E-state index contributed by atoms with van der Waals surface area (Å²) in [5.41, 5.74) is 1.93. The minimum atomic E-state index is -0.260. The third-order valence-corrected chi connectivity index (χ3v) is 6.69. The lowest BCUT2D eigenvalue weighted by Crippen LogP contribution is -2.55. The number of hydrogen-bond acceptors (Lipinski definition) is 3. The number of fused-ring (bicyclic) bond motifs is 3. The number of carbonyl (C=O) groups is 1. The number of carbonyl (C=O) groups excluding carboxylic acids is 1. The topological polar surface area (TPSA) is 56.4 Å². The van der Waals surface area contributed by atoms with Gasteiger partial charge in [-0.15, -0.1) is 0 Å². The normalized spacial score (nSPS) is 21.0. The molecule has 1 amide bonds. The second-order valence-electron chi connectivity index (χ2n) is 7.69. The van der Waals surface area contributed by atoms with E-state index < -0.39 is 0 Å². The zero-order valence-corrected chi connectivity index (χ0v) is 17.1. The van der Waals surface area contributed by atoms with Crippen molar-refractivity contribution in [3.05, 3.63) is 74.5 Å². The van der Waals surface area contributed by atoms with E-state index in [-0.39, 0.29) is 23.6 Å². The Hall–Kier alpha value is -2.50. The minimum Gasteiger partial charge on any atom is -0.362 e. The number of nitrogens with zero attached hydrogens (tertiary/aromatic N) is 2. The van der Waals surface area contributed by atoms with Crippen LogP contribution in [0.4, 0.5) is 5.69 Å². The van der Waals surface area contributed by atoms with Gasteiger partial charge in [-0.1, -0.05) is 41.4 Å². The summed E-state index contributed by atoms with van der Waals surface area (Å²) in [5.74, 6) is -0.0852. The highest BCUT2D eigenvalue weighted by molar-refractivity contribution is 6.42. The highest BCUT2D eigenvalue weighted by Crippen LogP contribution is 2.37. The molecule has 29 heavy (non-hydrogen) atoms. The molecule has 1 N–H and O–H groups in total. The number of pyridine rings is 1. The number of benzene rings is 2. The molecule has 2 aliphatic heterocycles. The summed E-state index contributed by atoms with van der Waals surface area (Å²) in [6.07, 6.45) is 2.04. The van der Waals surface area contributed by atoms with Crippen LogP contribution < -0.4 is 10.5 Å². The predicted octanol–water partition coefficient (Wildman–Crippen LogP) is 4.33. The summed E-state index contributed by atoms with van der Waals surface area (Å²) in [5, 5.41) is 1.85. The van der Waals surface area contributed by atoms with Crippen LogP contribution in [0.3, 0.4) is 0 Å². The number of amides is 1. The first-order valence-electron chi connectivity index (χ1n) is 9.66. The molecule has 3 aromatic rings. The summed E-state index contributed by atoms with van der Waals surface area (Å²) < 4.78 is 0. The number of halogens is 2. The van der Waals surface area contributed by atoms with Crippen LogP contribution in [0, 0.1) is 0 Å². The number of rotatable bonds is 2. The first-order valence-corrected chi connectivity index (χ1v) is 10.4. The molecule has 148 valence electrons. The molecule has 5 nitrogen and oxygen atoms in total. The maximum absolute atomic E-state index is 13.3. The lowest BCUT2D eigenvalue weighted by atomic mass is 10.1. The second-order valence-corrected chi connectivity index (χ2v) is 8.51. The fourth-order valence-corrected chi connectivity index (χ4v) is 4.98. The van der Waals surface area contributed by atoms with Crippen molar-refractivity contribution in [3.8, 4) is 0 Å². The number of H-pyrrole nitrogens is 1. The molecule has 2 aliphatic rings. The number of para-hydroxylation sites is 1. The summed E-state index contributed by atoms with van der Waals surface area (Å²) in [4.78, 5) is 32.5. The average molecular weight is 428 g/mol. The minimum absolute atomic E-state index is 0.0852. The Morgan fingerprint density at radius 3 is 2.41 bits per heavy atom. The summed E-state index contributed by atoms with van der Waals surface area (Å²) in [6, 6.07) is 15.0. The summed E-state index contributed by atoms with van der Waals surface area (Å²) in [7, 11) is 0. The predicted molar refractivity (Wildman–Crippen MR) is 116 cm³/mol. The van der Waals surface area contributed by atoms with E-state index in [1.807, 2.05) is 47.4 Å². The smallest absolute Gasteiger partial charge is 0.254 e. The van der Waals surface area contributed by atoms with Gasteiger partial charge in [-0.05, 0) is 37.1 Å². The van der Waals surface area contributed by atoms with Gasteiger partial charge in [0.25, 0.3) is 5.91 Å². The van der Waals surface area contributed by atoms with Crippen LogP contribution in [0.1, 0.15) is 23.2 Å². The van der Waals surface area contributed by atoms with Crippen molar-refractivity contribution >= 4 is 45.7 Å². The Bertz CT molecular complexity index is 1160. The molecule has 3 heterocycles. The molecule has 0 aliphatic carbocycles. The second kappa shape index (κ2) is 7.08. The molecule has 5 rings (SSSR count). The van der Waals surface area contributed by atoms with Crippen molar-refractivity contribution in [1.29, 1.82) is 0 Å². The van der Waals surface area contributed by atoms with Gasteiger partial charge in [0, 0.05) is 47.8 Å². The molecule has 0 radical (unpaired) electrons. The molecule has 2 atom stereocenters. The molecule has 1 aromatic heterocycles. The maximum atomic E-state index is 13.3. The van der Waals surface area contributed by atoms with Gasteiger partial charge in [0.05, 0.1) is 15.6 Å². The Morgan fingerprint density at radius 1 is 0.966 bits per heavy atom. The highest BCUT2D eigenvalue weighted by Gasteiger charge is 2.41. The van der Waals surface area contributed by atoms with Crippen LogP contribution in [-0.2, 0) is 0 Å². The van der Waals surface area contributed by atoms with Crippen molar-refractivity contribution < 1.29 is 4.79 Å². The molecule has 2 fully saturated rings. The van der Waals surface area contributed by atoms with Crippen LogP contribution in [0.2, 0.25) is 10.0 Å². The number of anilines is 1. The van der Waals surface area contributed by atoms with Gasteiger partial charge in [0.15, 0.2) is 0 Å². The quantitative estimate of drug-likeness (QED) is 0.661. The van der Waals surface area contributed by atoms with Crippen LogP contribution in [0.25, 0.3) is 10.9 Å². The number of nitrogens with one attached hydrogen (secondary N) is 1. The van der Waals surface area contributed by atoms with Gasteiger partial charge in [-0.25, -0.2) is 0 Å². The zero-order chi connectivity index (χ0) is 20.1. The number of piperazine rings is 1. The largest absolute Gasteiger partial charge is 0.362 e.